The van der Waals surface area contributed by atoms with E-state index in [0.717, 1.165) is 23.7 Å². The lowest BCUT2D eigenvalue weighted by Gasteiger charge is -2.30. The van der Waals surface area contributed by atoms with Crippen LogP contribution in [-0.4, -0.2) is 36.7 Å². The van der Waals surface area contributed by atoms with Crippen molar-refractivity contribution in [3.05, 3.63) is 65.2 Å². The van der Waals surface area contributed by atoms with E-state index in [0.29, 0.717) is 18.9 Å². The third-order valence-corrected chi connectivity index (χ3v) is 7.62. The molecule has 0 bridgehead atoms. The van der Waals surface area contributed by atoms with E-state index < -0.39 is 15.9 Å². The number of carbonyl (C=O) groups is 1. The number of rotatable bonds is 4. The number of hydrogen-bond acceptors (Lipinski definition) is 4. The molecule has 6 nitrogen and oxygen atoms in total. The Morgan fingerprint density at radius 3 is 2.77 bits per heavy atom. The second-order valence-electron chi connectivity index (χ2n) is 7.60. The van der Waals surface area contributed by atoms with Crippen LogP contribution in [0.25, 0.3) is 10.9 Å². The molecule has 0 radical (unpaired) electrons. The number of nitrogens with one attached hydrogen (secondary N) is 1. The molecule has 0 unspecified atom stereocenters. The molecular weight excluding hydrogens is 422 g/mol. The molecule has 1 aromatic heterocycles. The summed E-state index contributed by atoms with van der Waals surface area (Å²) in [4.78, 5) is 17.1. The molecule has 0 spiro atoms. The van der Waals surface area contributed by atoms with Crippen LogP contribution in [-0.2, 0) is 10.0 Å². The maximum absolute atomic E-state index is 13.1. The summed E-state index contributed by atoms with van der Waals surface area (Å²) in [6, 6.07) is 15.5. The number of carbonyl (C=O) groups excluding carboxylic acids is 1. The van der Waals surface area contributed by atoms with Crippen LogP contribution in [0.2, 0.25) is 5.02 Å². The van der Waals surface area contributed by atoms with Gasteiger partial charge in [0.25, 0.3) is 5.91 Å². The van der Waals surface area contributed by atoms with Gasteiger partial charge in [-0.3, -0.25) is 4.79 Å². The molecule has 3 aromatic rings. The largest absolute Gasteiger partial charge is 0.307 e. The topological polar surface area (TPSA) is 79.4 Å². The highest BCUT2D eigenvalue weighted by Crippen LogP contribution is 2.29. The van der Waals surface area contributed by atoms with Gasteiger partial charge in [-0.2, -0.15) is 4.31 Å². The van der Waals surface area contributed by atoms with Gasteiger partial charge in [-0.25, -0.2) is 13.4 Å². The molecule has 1 atom stereocenters. The Kier molecular flexibility index (Phi) is 5.77. The molecule has 1 aliphatic rings. The summed E-state index contributed by atoms with van der Waals surface area (Å²) in [6.07, 6.45) is 1.81. The van der Waals surface area contributed by atoms with Crippen molar-refractivity contribution >= 4 is 44.3 Å². The summed E-state index contributed by atoms with van der Waals surface area (Å²) in [5.74, 6) is 0.235. The van der Waals surface area contributed by atoms with Crippen molar-refractivity contribution in [3.63, 3.8) is 0 Å². The van der Waals surface area contributed by atoms with Gasteiger partial charge >= 0.3 is 0 Å². The molecule has 1 saturated heterocycles. The second-order valence-corrected chi connectivity index (χ2v) is 9.91. The zero-order chi connectivity index (χ0) is 21.3. The average molecular weight is 444 g/mol. The normalized spacial score (nSPS) is 17.7. The lowest BCUT2D eigenvalue weighted by Crippen LogP contribution is -2.39. The molecule has 4 rings (SSSR count). The monoisotopic (exact) mass is 443 g/mol. The zero-order valence-corrected chi connectivity index (χ0v) is 18.1. The minimum atomic E-state index is -3.78. The molecule has 1 aliphatic heterocycles. The van der Waals surface area contributed by atoms with Gasteiger partial charge in [0.05, 0.1) is 10.5 Å². The Morgan fingerprint density at radius 1 is 1.17 bits per heavy atom. The van der Waals surface area contributed by atoms with Gasteiger partial charge in [-0.15, -0.1) is 0 Å². The highest BCUT2D eigenvalue weighted by molar-refractivity contribution is 7.89. The van der Waals surface area contributed by atoms with E-state index in [-0.39, 0.29) is 21.4 Å². The lowest BCUT2D eigenvalue weighted by atomic mass is 10.0. The van der Waals surface area contributed by atoms with Gasteiger partial charge < -0.3 is 5.32 Å². The van der Waals surface area contributed by atoms with E-state index in [4.69, 9.17) is 11.6 Å². The number of benzene rings is 2. The highest BCUT2D eigenvalue weighted by Gasteiger charge is 2.31. The SMILES string of the molecule is C[C@@H]1CCCN(S(=O)(=O)c2cc(C(=O)Nc3ccc4ccccc4n3)ccc2Cl)C1. The van der Waals surface area contributed by atoms with E-state index in [1.54, 1.807) is 6.07 Å². The number of para-hydroxylation sites is 1. The van der Waals surface area contributed by atoms with Crippen LogP contribution >= 0.6 is 11.6 Å². The molecule has 1 amide bonds. The molecule has 8 heteroatoms. The fraction of sp³-hybridized carbons (Fsp3) is 0.273. The molecule has 1 fully saturated rings. The smallest absolute Gasteiger partial charge is 0.256 e. The third-order valence-electron chi connectivity index (χ3n) is 5.27. The quantitative estimate of drug-likeness (QED) is 0.641. The Labute approximate surface area is 180 Å². The standard InChI is InChI=1S/C22H22ClN3O3S/c1-15-5-4-12-26(14-15)30(28,29)20-13-17(8-10-18(20)23)22(27)25-21-11-9-16-6-2-3-7-19(16)24-21/h2-3,6-11,13,15H,4-5,12,14H2,1H3,(H,24,25,27)/t15-/m1/s1. The van der Waals surface area contributed by atoms with Gasteiger partial charge in [0.1, 0.15) is 10.7 Å². The van der Waals surface area contributed by atoms with E-state index >= 15 is 0 Å². The first-order valence-corrected chi connectivity index (χ1v) is 11.6. The minimum absolute atomic E-state index is 0.0441. The van der Waals surface area contributed by atoms with Gasteiger partial charge in [0, 0.05) is 24.0 Å². The van der Waals surface area contributed by atoms with Crippen LogP contribution in [0.1, 0.15) is 30.1 Å². The summed E-state index contributed by atoms with van der Waals surface area (Å²) in [6.45, 7) is 2.94. The highest BCUT2D eigenvalue weighted by atomic mass is 35.5. The van der Waals surface area contributed by atoms with Crippen LogP contribution < -0.4 is 5.32 Å². The maximum atomic E-state index is 13.1. The number of halogens is 1. The number of amides is 1. The number of anilines is 1. The van der Waals surface area contributed by atoms with Gasteiger partial charge in [0.15, 0.2) is 0 Å². The summed E-state index contributed by atoms with van der Waals surface area (Å²) < 4.78 is 27.7. The fourth-order valence-corrected chi connectivity index (χ4v) is 5.77. The first kappa shape index (κ1) is 20.8. The van der Waals surface area contributed by atoms with E-state index in [9.17, 15) is 13.2 Å². The maximum Gasteiger partial charge on any atom is 0.256 e. The van der Waals surface area contributed by atoms with Crippen LogP contribution in [0.5, 0.6) is 0 Å². The Bertz CT molecular complexity index is 1210. The van der Waals surface area contributed by atoms with Crippen LogP contribution in [0.4, 0.5) is 5.82 Å². The van der Waals surface area contributed by atoms with Crippen molar-refractivity contribution < 1.29 is 13.2 Å². The van der Waals surface area contributed by atoms with Crippen molar-refractivity contribution in [2.24, 2.45) is 5.92 Å². The third kappa shape index (κ3) is 4.19. The molecule has 156 valence electrons. The number of aromatic nitrogens is 1. The number of nitrogens with zero attached hydrogens (tertiary/aromatic N) is 2. The molecule has 0 saturated carbocycles. The van der Waals surface area contributed by atoms with Crippen LogP contribution in [0.15, 0.2) is 59.5 Å². The van der Waals surface area contributed by atoms with Crippen LogP contribution in [0, 0.1) is 5.92 Å². The van der Waals surface area contributed by atoms with Gasteiger partial charge in [-0.1, -0.05) is 36.7 Å². The molecule has 1 N–H and O–H groups in total. The summed E-state index contributed by atoms with van der Waals surface area (Å²) in [5, 5.41) is 3.80. The number of sulfonamides is 1. The molecular formula is C22H22ClN3O3S. The summed E-state index contributed by atoms with van der Waals surface area (Å²) in [7, 11) is -3.78. The van der Waals surface area contributed by atoms with Crippen molar-refractivity contribution in [1.29, 1.82) is 0 Å². The zero-order valence-electron chi connectivity index (χ0n) is 16.5. The van der Waals surface area contributed by atoms with Gasteiger partial charge in [-0.05, 0) is 55.2 Å². The van der Waals surface area contributed by atoms with Crippen molar-refractivity contribution in [3.8, 4) is 0 Å². The fourth-order valence-electron chi connectivity index (χ4n) is 3.67. The van der Waals surface area contributed by atoms with Crippen LogP contribution in [0.3, 0.4) is 0 Å². The Balaban J connectivity index is 1.61. The lowest BCUT2D eigenvalue weighted by molar-refractivity contribution is 0.102. The summed E-state index contributed by atoms with van der Waals surface area (Å²) >= 11 is 6.22. The Morgan fingerprint density at radius 2 is 1.97 bits per heavy atom. The predicted molar refractivity (Wildman–Crippen MR) is 118 cm³/mol. The van der Waals surface area contributed by atoms with Crippen molar-refractivity contribution in [1.82, 2.24) is 9.29 Å². The average Bonchev–Trinajstić information content (AvgIpc) is 2.74. The first-order chi connectivity index (χ1) is 14.3. The molecule has 2 heterocycles. The number of piperidine rings is 1. The second kappa shape index (κ2) is 8.34. The molecule has 0 aliphatic carbocycles. The predicted octanol–water partition coefficient (Wildman–Crippen LogP) is 4.56. The number of fused-ring (bicyclic) bond motifs is 1. The summed E-state index contributed by atoms with van der Waals surface area (Å²) in [5.41, 5.74) is 0.965. The van der Waals surface area contributed by atoms with E-state index in [2.05, 4.69) is 10.3 Å². The minimum Gasteiger partial charge on any atom is -0.307 e. The number of pyridine rings is 1. The van der Waals surface area contributed by atoms with Crippen molar-refractivity contribution in [2.75, 3.05) is 18.4 Å². The van der Waals surface area contributed by atoms with Crippen molar-refractivity contribution in [2.45, 2.75) is 24.7 Å². The molecule has 30 heavy (non-hydrogen) atoms. The van der Waals surface area contributed by atoms with E-state index in [1.807, 2.05) is 37.3 Å². The van der Waals surface area contributed by atoms with E-state index in [1.165, 1.54) is 22.5 Å². The van der Waals surface area contributed by atoms with Gasteiger partial charge in [0.2, 0.25) is 10.0 Å². The Hall–Kier alpha value is -2.48. The first-order valence-electron chi connectivity index (χ1n) is 9.81. The number of hydrogen-bond donors (Lipinski definition) is 1. The molecule has 2 aromatic carbocycles.